The Kier molecular flexibility index (Phi) is 6.86. The first-order chi connectivity index (χ1) is 25.3. The van der Waals surface area contributed by atoms with Crippen LogP contribution >= 0.6 is 0 Å². The molecule has 0 saturated carbocycles. The number of rotatable bonds is 5. The quantitative estimate of drug-likeness (QED) is 0.170. The van der Waals surface area contributed by atoms with Crippen molar-refractivity contribution in [3.63, 3.8) is 0 Å². The number of fused-ring (bicyclic) bond motifs is 9. The van der Waals surface area contributed by atoms with Crippen LogP contribution in [-0.4, -0.2) is 8.07 Å². The van der Waals surface area contributed by atoms with Crippen LogP contribution in [0.25, 0.3) is 33.4 Å². The van der Waals surface area contributed by atoms with Crippen LogP contribution in [0.5, 0.6) is 11.5 Å². The van der Waals surface area contributed by atoms with E-state index in [1.54, 1.807) is 0 Å². The van der Waals surface area contributed by atoms with Gasteiger partial charge in [-0.15, -0.1) is 0 Å². The first-order valence-corrected chi connectivity index (χ1v) is 19.5. The summed E-state index contributed by atoms with van der Waals surface area (Å²) in [7, 11) is -2.74. The monoisotopic (exact) mass is 667 g/mol. The molecule has 0 amide bonds. The van der Waals surface area contributed by atoms with Crippen LogP contribution in [0.1, 0.15) is 0 Å². The fourth-order valence-corrected chi connectivity index (χ4v) is 13.7. The van der Waals surface area contributed by atoms with Gasteiger partial charge in [-0.1, -0.05) is 152 Å². The first kappa shape index (κ1) is 29.5. The molecule has 0 aliphatic carbocycles. The van der Waals surface area contributed by atoms with Crippen LogP contribution in [0, 0.1) is 0 Å². The van der Waals surface area contributed by atoms with Gasteiger partial charge in [0.2, 0.25) is 0 Å². The van der Waals surface area contributed by atoms with Gasteiger partial charge in [0, 0.05) is 17.1 Å². The summed E-state index contributed by atoms with van der Waals surface area (Å²) in [5.74, 6) is 1.92. The first-order valence-electron chi connectivity index (χ1n) is 17.5. The molecule has 0 atom stereocenters. The van der Waals surface area contributed by atoms with E-state index in [2.05, 4.69) is 205 Å². The molecule has 10 rings (SSSR count). The van der Waals surface area contributed by atoms with Crippen molar-refractivity contribution in [1.82, 2.24) is 0 Å². The smallest absolute Gasteiger partial charge is 0.189 e. The third-order valence-corrected chi connectivity index (χ3v) is 15.5. The molecule has 2 nitrogen and oxygen atoms in total. The Labute approximate surface area is 299 Å². The van der Waals surface area contributed by atoms with E-state index in [4.69, 9.17) is 4.74 Å². The summed E-state index contributed by atoms with van der Waals surface area (Å²) >= 11 is 0. The summed E-state index contributed by atoms with van der Waals surface area (Å²) < 4.78 is 6.63. The lowest BCUT2D eigenvalue weighted by molar-refractivity contribution is 0.487. The van der Waals surface area contributed by atoms with Gasteiger partial charge < -0.3 is 9.64 Å². The molecule has 0 unspecified atom stereocenters. The second-order valence-corrected chi connectivity index (χ2v) is 16.9. The van der Waals surface area contributed by atoms with Gasteiger partial charge >= 0.3 is 0 Å². The van der Waals surface area contributed by atoms with E-state index in [0.29, 0.717) is 0 Å². The maximum Gasteiger partial charge on any atom is 0.189 e. The lowest BCUT2D eigenvalue weighted by atomic mass is 10.0. The zero-order valence-electron chi connectivity index (χ0n) is 27.9. The Balaban J connectivity index is 1.19. The molecule has 1 spiro atoms. The minimum Gasteiger partial charge on any atom is -0.458 e. The Hall–Kier alpha value is -6.42. The van der Waals surface area contributed by atoms with E-state index in [9.17, 15) is 0 Å². The predicted octanol–water partition coefficient (Wildman–Crippen LogP) is 9.95. The zero-order valence-corrected chi connectivity index (χ0v) is 28.9. The third kappa shape index (κ3) is 4.63. The second kappa shape index (κ2) is 11.9. The molecule has 2 aliphatic heterocycles. The molecular formula is C48H33NOSi. The Bertz CT molecular complexity index is 2420. The highest BCUT2D eigenvalue weighted by atomic mass is 28.3. The van der Waals surface area contributed by atoms with Crippen LogP contribution < -0.4 is 30.4 Å². The molecule has 8 aromatic rings. The lowest BCUT2D eigenvalue weighted by Crippen LogP contribution is -2.74. The van der Waals surface area contributed by atoms with Crippen LogP contribution in [-0.2, 0) is 0 Å². The number of hydrogen-bond acceptors (Lipinski definition) is 2. The van der Waals surface area contributed by atoms with Gasteiger partial charge in [-0.2, -0.15) is 0 Å². The number of anilines is 3. The van der Waals surface area contributed by atoms with E-state index in [0.717, 1.165) is 28.6 Å². The normalized spacial score (nSPS) is 13.0. The fourth-order valence-electron chi connectivity index (χ4n) is 8.30. The minimum absolute atomic E-state index is 0.959. The SMILES string of the molecule is c1ccc(-c2ccc(N(c3ccc(-c4ccccc4)cc3)c3ccc4c(c3)[Si]3(c5ccccc5Oc5ccccc53)c3ccccc3-4)cc2)cc1. The summed E-state index contributed by atoms with van der Waals surface area (Å²) in [4.78, 5) is 2.41. The van der Waals surface area contributed by atoms with Gasteiger partial charge in [0.15, 0.2) is 8.07 Å². The lowest BCUT2D eigenvalue weighted by Gasteiger charge is -2.37. The van der Waals surface area contributed by atoms with Gasteiger partial charge in [0.05, 0.1) is 0 Å². The number of hydrogen-bond donors (Lipinski definition) is 0. The molecule has 240 valence electrons. The molecule has 2 heterocycles. The molecule has 0 fully saturated rings. The van der Waals surface area contributed by atoms with E-state index in [-0.39, 0.29) is 0 Å². The molecule has 2 aliphatic rings. The average Bonchev–Trinajstić information content (AvgIpc) is 3.49. The zero-order chi connectivity index (χ0) is 33.8. The molecule has 0 bridgehead atoms. The summed E-state index contributed by atoms with van der Waals surface area (Å²) in [6.07, 6.45) is 0. The average molecular weight is 668 g/mol. The number of benzene rings is 8. The molecule has 8 aromatic carbocycles. The maximum absolute atomic E-state index is 6.63. The largest absolute Gasteiger partial charge is 0.458 e. The molecular weight excluding hydrogens is 635 g/mol. The molecule has 3 heteroatoms. The van der Waals surface area contributed by atoms with Crippen LogP contribution in [0.3, 0.4) is 0 Å². The Morgan fingerprint density at radius 2 is 0.725 bits per heavy atom. The highest BCUT2D eigenvalue weighted by Gasteiger charge is 2.53. The summed E-state index contributed by atoms with van der Waals surface area (Å²) in [6.45, 7) is 0. The van der Waals surface area contributed by atoms with E-state index in [1.807, 2.05) is 0 Å². The highest BCUT2D eigenvalue weighted by Crippen LogP contribution is 2.41. The molecule has 0 aromatic heterocycles. The van der Waals surface area contributed by atoms with Crippen LogP contribution in [0.2, 0.25) is 0 Å². The van der Waals surface area contributed by atoms with Gasteiger partial charge in [0.1, 0.15) is 11.5 Å². The molecule has 0 saturated heterocycles. The van der Waals surface area contributed by atoms with Crippen molar-refractivity contribution in [2.24, 2.45) is 0 Å². The van der Waals surface area contributed by atoms with E-state index < -0.39 is 8.07 Å². The Morgan fingerprint density at radius 1 is 0.314 bits per heavy atom. The number of nitrogens with zero attached hydrogens (tertiary/aromatic N) is 1. The van der Waals surface area contributed by atoms with E-state index in [1.165, 1.54) is 54.1 Å². The fraction of sp³-hybridized carbons (Fsp3) is 0. The van der Waals surface area contributed by atoms with Gasteiger partial charge in [0.25, 0.3) is 0 Å². The third-order valence-electron chi connectivity index (χ3n) is 10.6. The topological polar surface area (TPSA) is 12.5 Å². The number of para-hydroxylation sites is 2. The summed E-state index contributed by atoms with van der Waals surface area (Å²) in [5.41, 5.74) is 10.8. The van der Waals surface area contributed by atoms with Crippen molar-refractivity contribution >= 4 is 45.9 Å². The minimum atomic E-state index is -2.74. The predicted molar refractivity (Wildman–Crippen MR) is 215 cm³/mol. The van der Waals surface area contributed by atoms with Gasteiger partial charge in [-0.3, -0.25) is 0 Å². The van der Waals surface area contributed by atoms with Crippen molar-refractivity contribution in [3.8, 4) is 44.9 Å². The number of ether oxygens (including phenoxy) is 1. The molecule has 0 N–H and O–H groups in total. The van der Waals surface area contributed by atoms with Crippen LogP contribution in [0.15, 0.2) is 200 Å². The van der Waals surface area contributed by atoms with Crippen molar-refractivity contribution in [2.75, 3.05) is 4.90 Å². The highest BCUT2D eigenvalue weighted by molar-refractivity contribution is 7.23. The van der Waals surface area contributed by atoms with E-state index >= 15 is 0 Å². The maximum atomic E-state index is 6.63. The van der Waals surface area contributed by atoms with Crippen molar-refractivity contribution in [3.05, 3.63) is 200 Å². The van der Waals surface area contributed by atoms with Crippen molar-refractivity contribution in [1.29, 1.82) is 0 Å². The summed E-state index contributed by atoms with van der Waals surface area (Å²) in [5, 5.41) is 5.43. The summed E-state index contributed by atoms with van der Waals surface area (Å²) in [6, 6.07) is 72.7. The Morgan fingerprint density at radius 3 is 1.27 bits per heavy atom. The standard InChI is InChI=1S/C48H33NOSi/c1-3-13-34(14-4-1)36-23-27-38(28-24-36)49(39-29-25-37(26-30-39)35-15-5-2-6-16-35)40-31-32-42-41-17-7-10-20-45(41)51(48(42)33-40)46-21-11-8-18-43(46)50-44-19-9-12-22-47(44)51/h1-33H. The van der Waals surface area contributed by atoms with Crippen molar-refractivity contribution < 1.29 is 4.74 Å². The van der Waals surface area contributed by atoms with Crippen LogP contribution in [0.4, 0.5) is 17.1 Å². The van der Waals surface area contributed by atoms with Gasteiger partial charge in [-0.05, 0) is 103 Å². The molecule has 51 heavy (non-hydrogen) atoms. The molecule has 0 radical (unpaired) electrons. The van der Waals surface area contributed by atoms with Crippen molar-refractivity contribution in [2.45, 2.75) is 0 Å². The van der Waals surface area contributed by atoms with Gasteiger partial charge in [-0.25, -0.2) is 0 Å². The second-order valence-electron chi connectivity index (χ2n) is 13.3.